The van der Waals surface area contributed by atoms with Gasteiger partial charge in [-0.2, -0.15) is 0 Å². The summed E-state index contributed by atoms with van der Waals surface area (Å²) in [5.41, 5.74) is 1.69. The fraction of sp³-hybridized carbons (Fsp3) is 0.533. The number of carbonyl (C=O) groups is 1. The maximum Gasteiger partial charge on any atom is 0.337 e. The van der Waals surface area contributed by atoms with Crippen molar-refractivity contribution in [3.8, 4) is 0 Å². The van der Waals surface area contributed by atoms with E-state index in [9.17, 15) is 4.79 Å². The molecule has 1 aromatic carbocycles. The van der Waals surface area contributed by atoms with Crippen LogP contribution in [0.1, 0.15) is 29.8 Å². The van der Waals surface area contributed by atoms with Gasteiger partial charge in [-0.25, -0.2) is 4.79 Å². The number of ether oxygens (including phenoxy) is 2. The summed E-state index contributed by atoms with van der Waals surface area (Å²) in [7, 11) is 3.09. The lowest BCUT2D eigenvalue weighted by atomic mass is 10.1. The Morgan fingerprint density at radius 1 is 1.35 bits per heavy atom. The molecule has 0 N–H and O–H groups in total. The van der Waals surface area contributed by atoms with E-state index in [2.05, 4.69) is 34.7 Å². The Labute approximate surface area is 129 Å². The molecule has 4 nitrogen and oxygen atoms in total. The van der Waals surface area contributed by atoms with Gasteiger partial charge in [-0.3, -0.25) is 4.90 Å². The van der Waals surface area contributed by atoms with E-state index in [0.717, 1.165) is 23.1 Å². The van der Waals surface area contributed by atoms with Crippen LogP contribution in [0.25, 0.3) is 0 Å². The second kappa shape index (κ2) is 8.39. The minimum absolute atomic E-state index is 0.322. The Balaban J connectivity index is 2.82. The van der Waals surface area contributed by atoms with Crippen molar-refractivity contribution in [3.05, 3.63) is 33.8 Å². The Morgan fingerprint density at radius 3 is 2.55 bits per heavy atom. The van der Waals surface area contributed by atoms with Crippen molar-refractivity contribution in [2.45, 2.75) is 26.4 Å². The fourth-order valence-electron chi connectivity index (χ4n) is 1.87. The second-order valence-electron chi connectivity index (χ2n) is 4.85. The average molecular weight is 344 g/mol. The Kier molecular flexibility index (Phi) is 7.19. The summed E-state index contributed by atoms with van der Waals surface area (Å²) in [6, 6.07) is 5.98. The van der Waals surface area contributed by atoms with Crippen LogP contribution >= 0.6 is 15.9 Å². The molecular formula is C15H22BrNO3. The quantitative estimate of drug-likeness (QED) is 0.713. The van der Waals surface area contributed by atoms with Crippen molar-refractivity contribution in [1.29, 1.82) is 0 Å². The van der Waals surface area contributed by atoms with Crippen LogP contribution in [0.15, 0.2) is 22.7 Å². The van der Waals surface area contributed by atoms with Gasteiger partial charge in [0.1, 0.15) is 0 Å². The van der Waals surface area contributed by atoms with E-state index in [0.29, 0.717) is 18.2 Å². The summed E-state index contributed by atoms with van der Waals surface area (Å²) in [4.78, 5) is 13.8. The molecule has 0 saturated heterocycles. The van der Waals surface area contributed by atoms with E-state index in [4.69, 9.17) is 9.47 Å². The molecule has 0 unspecified atom stereocenters. The van der Waals surface area contributed by atoms with Crippen LogP contribution < -0.4 is 0 Å². The van der Waals surface area contributed by atoms with Gasteiger partial charge in [0.25, 0.3) is 0 Å². The summed E-state index contributed by atoms with van der Waals surface area (Å²) in [5, 5.41) is 0. The SMILES string of the molecule is COCCN(Cc1ccc(C(=O)OC)cc1Br)C(C)C. The summed E-state index contributed by atoms with van der Waals surface area (Å²) >= 11 is 3.52. The molecule has 0 amide bonds. The molecule has 0 aromatic heterocycles. The number of esters is 1. The highest BCUT2D eigenvalue weighted by Gasteiger charge is 2.13. The number of hydrogen-bond donors (Lipinski definition) is 0. The number of hydrogen-bond acceptors (Lipinski definition) is 4. The number of benzene rings is 1. The lowest BCUT2D eigenvalue weighted by Crippen LogP contribution is -2.33. The highest BCUT2D eigenvalue weighted by atomic mass is 79.9. The zero-order valence-corrected chi connectivity index (χ0v) is 14.1. The minimum atomic E-state index is -0.322. The van der Waals surface area contributed by atoms with Gasteiger partial charge in [-0.15, -0.1) is 0 Å². The zero-order valence-electron chi connectivity index (χ0n) is 12.5. The molecule has 0 radical (unpaired) electrons. The van der Waals surface area contributed by atoms with Crippen molar-refractivity contribution in [2.75, 3.05) is 27.4 Å². The zero-order chi connectivity index (χ0) is 15.1. The van der Waals surface area contributed by atoms with E-state index in [1.807, 2.05) is 6.07 Å². The van der Waals surface area contributed by atoms with Crippen molar-refractivity contribution in [2.24, 2.45) is 0 Å². The number of halogens is 1. The molecule has 0 heterocycles. The summed E-state index contributed by atoms with van der Waals surface area (Å²) in [6.07, 6.45) is 0. The smallest absolute Gasteiger partial charge is 0.337 e. The molecule has 0 bridgehead atoms. The van der Waals surface area contributed by atoms with E-state index in [1.165, 1.54) is 7.11 Å². The first-order valence-electron chi connectivity index (χ1n) is 6.59. The number of nitrogens with zero attached hydrogens (tertiary/aromatic N) is 1. The van der Waals surface area contributed by atoms with Gasteiger partial charge in [0.15, 0.2) is 0 Å². The first-order valence-corrected chi connectivity index (χ1v) is 7.38. The highest BCUT2D eigenvalue weighted by Crippen LogP contribution is 2.21. The predicted octanol–water partition coefficient (Wildman–Crippen LogP) is 3.09. The van der Waals surface area contributed by atoms with Crippen LogP contribution in [-0.4, -0.2) is 44.3 Å². The van der Waals surface area contributed by atoms with Gasteiger partial charge in [-0.05, 0) is 31.5 Å². The molecule has 5 heteroatoms. The number of methoxy groups -OCH3 is 2. The van der Waals surface area contributed by atoms with E-state index >= 15 is 0 Å². The molecule has 1 rings (SSSR count). The Hall–Kier alpha value is -0.910. The maximum absolute atomic E-state index is 11.5. The fourth-order valence-corrected chi connectivity index (χ4v) is 2.37. The predicted molar refractivity (Wildman–Crippen MR) is 82.9 cm³/mol. The molecule has 0 aliphatic heterocycles. The molecule has 112 valence electrons. The van der Waals surface area contributed by atoms with Gasteiger partial charge in [0.05, 0.1) is 19.3 Å². The van der Waals surface area contributed by atoms with E-state index < -0.39 is 0 Å². The molecule has 1 aromatic rings. The second-order valence-corrected chi connectivity index (χ2v) is 5.71. The van der Waals surface area contributed by atoms with Gasteiger partial charge >= 0.3 is 5.97 Å². The van der Waals surface area contributed by atoms with Crippen molar-refractivity contribution in [3.63, 3.8) is 0 Å². The highest BCUT2D eigenvalue weighted by molar-refractivity contribution is 9.10. The van der Waals surface area contributed by atoms with Crippen LogP contribution in [0, 0.1) is 0 Å². The summed E-state index contributed by atoms with van der Waals surface area (Å²) in [5.74, 6) is -0.322. The van der Waals surface area contributed by atoms with Crippen LogP contribution in [0.2, 0.25) is 0 Å². The van der Waals surface area contributed by atoms with Gasteiger partial charge in [0, 0.05) is 30.7 Å². The molecule has 20 heavy (non-hydrogen) atoms. The lowest BCUT2D eigenvalue weighted by molar-refractivity contribution is 0.0600. The van der Waals surface area contributed by atoms with Crippen molar-refractivity contribution in [1.82, 2.24) is 4.90 Å². The third kappa shape index (κ3) is 4.89. The molecule has 0 aliphatic carbocycles. The average Bonchev–Trinajstić information content (AvgIpc) is 2.43. The molecule has 0 saturated carbocycles. The van der Waals surface area contributed by atoms with E-state index in [1.54, 1.807) is 19.2 Å². The van der Waals surface area contributed by atoms with Crippen molar-refractivity contribution < 1.29 is 14.3 Å². The Bertz CT molecular complexity index is 449. The first-order chi connectivity index (χ1) is 9.49. The summed E-state index contributed by atoms with van der Waals surface area (Å²) < 4.78 is 10.8. The monoisotopic (exact) mass is 343 g/mol. The topological polar surface area (TPSA) is 38.8 Å². The number of carbonyl (C=O) groups excluding carboxylic acids is 1. The standard InChI is InChI=1S/C15H22BrNO3/c1-11(2)17(7-8-19-3)10-13-6-5-12(9-14(13)16)15(18)20-4/h5-6,9,11H,7-8,10H2,1-4H3. The molecule has 0 atom stereocenters. The summed E-state index contributed by atoms with van der Waals surface area (Å²) in [6.45, 7) is 6.71. The van der Waals surface area contributed by atoms with Gasteiger partial charge in [0.2, 0.25) is 0 Å². The largest absolute Gasteiger partial charge is 0.465 e. The van der Waals surface area contributed by atoms with E-state index in [-0.39, 0.29) is 5.97 Å². The normalized spacial score (nSPS) is 11.2. The third-order valence-electron chi connectivity index (χ3n) is 3.16. The molecule has 0 aliphatic rings. The molecular weight excluding hydrogens is 322 g/mol. The Morgan fingerprint density at radius 2 is 2.05 bits per heavy atom. The molecule has 0 spiro atoms. The first kappa shape index (κ1) is 17.1. The number of rotatable bonds is 7. The van der Waals surface area contributed by atoms with Crippen molar-refractivity contribution >= 4 is 21.9 Å². The molecule has 0 fully saturated rings. The van der Waals surface area contributed by atoms with Crippen LogP contribution in [0.4, 0.5) is 0 Å². The van der Waals surface area contributed by atoms with Crippen LogP contribution in [0.3, 0.4) is 0 Å². The third-order valence-corrected chi connectivity index (χ3v) is 3.90. The van der Waals surface area contributed by atoms with Gasteiger partial charge in [-0.1, -0.05) is 22.0 Å². The minimum Gasteiger partial charge on any atom is -0.465 e. The van der Waals surface area contributed by atoms with Crippen LogP contribution in [0.5, 0.6) is 0 Å². The van der Waals surface area contributed by atoms with Crippen LogP contribution in [-0.2, 0) is 16.0 Å². The lowest BCUT2D eigenvalue weighted by Gasteiger charge is -2.26. The van der Waals surface area contributed by atoms with Gasteiger partial charge < -0.3 is 9.47 Å². The maximum atomic E-state index is 11.5.